The molecular formula is C14H23N3O2. The largest absolute Gasteiger partial charge is 0.468 e. The normalized spacial score (nSPS) is 23.9. The molecule has 0 spiro atoms. The monoisotopic (exact) mass is 265 g/mol. The van der Waals surface area contributed by atoms with Gasteiger partial charge in [-0.25, -0.2) is 0 Å². The maximum absolute atomic E-state index is 12.2. The molecule has 1 aliphatic heterocycles. The van der Waals surface area contributed by atoms with Gasteiger partial charge < -0.3 is 15.1 Å². The highest BCUT2D eigenvalue weighted by atomic mass is 16.3. The number of amides is 1. The molecule has 1 unspecified atom stereocenters. The Morgan fingerprint density at radius 3 is 3.00 bits per heavy atom. The zero-order valence-electron chi connectivity index (χ0n) is 11.9. The van der Waals surface area contributed by atoms with Gasteiger partial charge in [-0.2, -0.15) is 0 Å². The van der Waals surface area contributed by atoms with E-state index in [1.54, 1.807) is 6.26 Å². The van der Waals surface area contributed by atoms with Crippen LogP contribution in [0.3, 0.4) is 0 Å². The van der Waals surface area contributed by atoms with E-state index in [0.717, 1.165) is 18.7 Å². The van der Waals surface area contributed by atoms with Gasteiger partial charge in [0, 0.05) is 18.6 Å². The molecule has 0 aliphatic carbocycles. The van der Waals surface area contributed by atoms with E-state index in [1.165, 1.54) is 0 Å². The van der Waals surface area contributed by atoms with Gasteiger partial charge in [0.1, 0.15) is 11.8 Å². The molecule has 1 fully saturated rings. The van der Waals surface area contributed by atoms with Crippen LogP contribution in [0.5, 0.6) is 0 Å². The van der Waals surface area contributed by atoms with Crippen LogP contribution in [0.2, 0.25) is 0 Å². The van der Waals surface area contributed by atoms with E-state index in [2.05, 4.69) is 29.4 Å². The molecule has 106 valence electrons. The second-order valence-electron chi connectivity index (χ2n) is 5.63. The summed E-state index contributed by atoms with van der Waals surface area (Å²) in [5.41, 5.74) is -0.0481. The summed E-state index contributed by atoms with van der Waals surface area (Å²) in [6.07, 6.45) is 2.60. The molecule has 0 saturated carbocycles. The number of carbonyl (C=O) groups is 1. The van der Waals surface area contributed by atoms with Crippen molar-refractivity contribution in [2.24, 2.45) is 0 Å². The zero-order valence-corrected chi connectivity index (χ0v) is 11.9. The molecule has 5 nitrogen and oxygen atoms in total. The van der Waals surface area contributed by atoms with Crippen molar-refractivity contribution in [3.63, 3.8) is 0 Å². The fraction of sp³-hybridized carbons (Fsp3) is 0.643. The van der Waals surface area contributed by atoms with Crippen molar-refractivity contribution in [1.29, 1.82) is 0 Å². The Balaban J connectivity index is 2.25. The molecule has 1 aromatic heterocycles. The van der Waals surface area contributed by atoms with E-state index < -0.39 is 0 Å². The van der Waals surface area contributed by atoms with Crippen molar-refractivity contribution in [1.82, 2.24) is 15.5 Å². The summed E-state index contributed by atoms with van der Waals surface area (Å²) in [4.78, 5) is 14.4. The molecule has 1 aromatic rings. The predicted molar refractivity (Wildman–Crippen MR) is 73.7 cm³/mol. The van der Waals surface area contributed by atoms with Crippen molar-refractivity contribution < 1.29 is 9.21 Å². The number of nitrogens with one attached hydrogen (secondary N) is 2. The number of carbonyl (C=O) groups excluding carboxylic acids is 1. The molecule has 5 heteroatoms. The van der Waals surface area contributed by atoms with Crippen LogP contribution in [-0.4, -0.2) is 42.5 Å². The highest BCUT2D eigenvalue weighted by Gasteiger charge is 2.38. The van der Waals surface area contributed by atoms with Gasteiger partial charge in [-0.15, -0.1) is 0 Å². The second-order valence-corrected chi connectivity index (χ2v) is 5.63. The van der Waals surface area contributed by atoms with Gasteiger partial charge in [0.15, 0.2) is 0 Å². The lowest BCUT2D eigenvalue weighted by molar-refractivity contribution is -0.127. The maximum atomic E-state index is 12.2. The summed E-state index contributed by atoms with van der Waals surface area (Å²) in [5, 5.41) is 6.10. The molecule has 19 heavy (non-hydrogen) atoms. The first-order chi connectivity index (χ1) is 9.04. The fourth-order valence-corrected chi connectivity index (χ4v) is 2.61. The number of hydrogen-bond acceptors (Lipinski definition) is 4. The number of rotatable bonds is 4. The lowest BCUT2D eigenvalue weighted by Crippen LogP contribution is -2.55. The highest BCUT2D eigenvalue weighted by Crippen LogP contribution is 2.26. The quantitative estimate of drug-likeness (QED) is 0.851. The first-order valence-corrected chi connectivity index (χ1v) is 6.76. The summed E-state index contributed by atoms with van der Waals surface area (Å²) in [6.45, 7) is 6.37. The Morgan fingerprint density at radius 1 is 1.58 bits per heavy atom. The van der Waals surface area contributed by atoms with E-state index in [-0.39, 0.29) is 17.5 Å². The van der Waals surface area contributed by atoms with Crippen LogP contribution in [0.15, 0.2) is 22.8 Å². The van der Waals surface area contributed by atoms with E-state index in [9.17, 15) is 4.79 Å². The van der Waals surface area contributed by atoms with Gasteiger partial charge in [0.2, 0.25) is 5.91 Å². The minimum absolute atomic E-state index is 0.0481. The Kier molecular flexibility index (Phi) is 4.27. The van der Waals surface area contributed by atoms with Crippen molar-refractivity contribution in [2.45, 2.75) is 38.4 Å². The first kappa shape index (κ1) is 14.1. The average molecular weight is 265 g/mol. The van der Waals surface area contributed by atoms with Crippen LogP contribution >= 0.6 is 0 Å². The van der Waals surface area contributed by atoms with Crippen LogP contribution in [0.25, 0.3) is 0 Å². The van der Waals surface area contributed by atoms with Gasteiger partial charge in [0.05, 0.1) is 12.8 Å². The third-order valence-corrected chi connectivity index (χ3v) is 3.80. The van der Waals surface area contributed by atoms with Gasteiger partial charge in [-0.05, 0) is 39.4 Å². The lowest BCUT2D eigenvalue weighted by Gasteiger charge is -2.40. The third-order valence-electron chi connectivity index (χ3n) is 3.80. The standard InChI is InChI=1S/C14H23N3O2/c1-14(2)6-7-16-13(18)12(9-15-3)17(14)10-11-5-4-8-19-11/h4-5,8,12,15H,6-7,9-10H2,1-3H3,(H,16,18). The predicted octanol–water partition coefficient (Wildman–Crippen LogP) is 0.968. The number of likely N-dealkylation sites (N-methyl/N-ethyl adjacent to an activating group) is 1. The van der Waals surface area contributed by atoms with Gasteiger partial charge >= 0.3 is 0 Å². The van der Waals surface area contributed by atoms with Crippen molar-refractivity contribution in [3.05, 3.63) is 24.2 Å². The topological polar surface area (TPSA) is 57.5 Å². The molecular weight excluding hydrogens is 242 g/mol. The molecule has 2 heterocycles. The first-order valence-electron chi connectivity index (χ1n) is 6.76. The Morgan fingerprint density at radius 2 is 2.37 bits per heavy atom. The number of hydrogen-bond donors (Lipinski definition) is 2. The Labute approximate surface area is 114 Å². The SMILES string of the molecule is CNCC1C(=O)NCCC(C)(C)N1Cc1ccco1. The molecule has 0 aromatic carbocycles. The average Bonchev–Trinajstić information content (AvgIpc) is 2.82. The van der Waals surface area contributed by atoms with E-state index >= 15 is 0 Å². The summed E-state index contributed by atoms with van der Waals surface area (Å²) < 4.78 is 5.44. The van der Waals surface area contributed by atoms with Gasteiger partial charge in [-0.1, -0.05) is 0 Å². The van der Waals surface area contributed by atoms with Crippen LogP contribution < -0.4 is 10.6 Å². The molecule has 1 aliphatic rings. The van der Waals surface area contributed by atoms with Crippen LogP contribution in [0.4, 0.5) is 0 Å². The van der Waals surface area contributed by atoms with E-state index in [0.29, 0.717) is 13.1 Å². The van der Waals surface area contributed by atoms with Crippen LogP contribution in [0.1, 0.15) is 26.0 Å². The highest BCUT2D eigenvalue weighted by molar-refractivity contribution is 5.82. The maximum Gasteiger partial charge on any atom is 0.238 e. The van der Waals surface area contributed by atoms with Gasteiger partial charge in [0.25, 0.3) is 0 Å². The molecule has 1 atom stereocenters. The van der Waals surface area contributed by atoms with Crippen LogP contribution in [-0.2, 0) is 11.3 Å². The Hall–Kier alpha value is -1.33. The summed E-state index contributed by atoms with van der Waals surface area (Å²) >= 11 is 0. The molecule has 1 amide bonds. The minimum Gasteiger partial charge on any atom is -0.468 e. The second kappa shape index (κ2) is 5.75. The van der Waals surface area contributed by atoms with Crippen molar-refractivity contribution >= 4 is 5.91 Å². The minimum atomic E-state index is -0.174. The van der Waals surface area contributed by atoms with Crippen LogP contribution in [0, 0.1) is 0 Å². The van der Waals surface area contributed by atoms with E-state index in [4.69, 9.17) is 4.42 Å². The number of nitrogens with zero attached hydrogens (tertiary/aromatic N) is 1. The van der Waals surface area contributed by atoms with Crippen molar-refractivity contribution in [3.8, 4) is 0 Å². The molecule has 1 saturated heterocycles. The Bertz CT molecular complexity index is 414. The third kappa shape index (κ3) is 3.16. The molecule has 2 rings (SSSR count). The summed E-state index contributed by atoms with van der Waals surface area (Å²) in [6, 6.07) is 3.66. The number of furan rings is 1. The fourth-order valence-electron chi connectivity index (χ4n) is 2.61. The summed E-state index contributed by atoms with van der Waals surface area (Å²) in [7, 11) is 1.87. The van der Waals surface area contributed by atoms with E-state index in [1.807, 2.05) is 19.2 Å². The summed E-state index contributed by atoms with van der Waals surface area (Å²) in [5.74, 6) is 0.982. The molecule has 0 bridgehead atoms. The van der Waals surface area contributed by atoms with Crippen molar-refractivity contribution in [2.75, 3.05) is 20.1 Å². The molecule has 2 N–H and O–H groups in total. The molecule has 0 radical (unpaired) electrons. The zero-order chi connectivity index (χ0) is 13.9. The van der Waals surface area contributed by atoms with Gasteiger partial charge in [-0.3, -0.25) is 9.69 Å². The lowest BCUT2D eigenvalue weighted by atomic mass is 9.96. The smallest absolute Gasteiger partial charge is 0.238 e.